The molecule has 2 aliphatic rings. The van der Waals surface area contributed by atoms with E-state index in [0.29, 0.717) is 0 Å². The minimum Gasteiger partial charge on any atom is -0.493 e. The van der Waals surface area contributed by atoms with Crippen LogP contribution in [0.5, 0.6) is 5.75 Å². The van der Waals surface area contributed by atoms with Crippen LogP contribution in [-0.4, -0.2) is 25.9 Å². The van der Waals surface area contributed by atoms with Gasteiger partial charge in [-0.2, -0.15) is 0 Å². The third kappa shape index (κ3) is 5.29. The molecule has 0 aromatic heterocycles. The Morgan fingerprint density at radius 2 is 1.86 bits per heavy atom. The largest absolute Gasteiger partial charge is 0.493 e. The molecule has 2 saturated carbocycles. The summed E-state index contributed by atoms with van der Waals surface area (Å²) < 4.78 is 11.7. The molecule has 1 aromatic rings. The van der Waals surface area contributed by atoms with E-state index in [1.54, 1.807) is 0 Å². The monoisotopic (exact) mass is 303 g/mol. The normalized spacial score (nSPS) is 19.2. The summed E-state index contributed by atoms with van der Waals surface area (Å²) in [7, 11) is 0. The molecule has 0 aliphatic heterocycles. The highest BCUT2D eigenvalue weighted by atomic mass is 16.5. The van der Waals surface area contributed by atoms with E-state index in [1.807, 2.05) is 0 Å². The van der Waals surface area contributed by atoms with Crippen molar-refractivity contribution < 1.29 is 9.47 Å². The van der Waals surface area contributed by atoms with Gasteiger partial charge in [-0.3, -0.25) is 0 Å². The summed E-state index contributed by atoms with van der Waals surface area (Å²) in [5.41, 5.74) is 8.56. The van der Waals surface area contributed by atoms with Crippen LogP contribution in [0.4, 0.5) is 0 Å². The zero-order valence-electron chi connectivity index (χ0n) is 13.7. The van der Waals surface area contributed by atoms with E-state index in [9.17, 15) is 0 Å². The average Bonchev–Trinajstić information content (AvgIpc) is 3.36. The van der Waals surface area contributed by atoms with Crippen molar-refractivity contribution in [1.82, 2.24) is 0 Å². The van der Waals surface area contributed by atoms with Gasteiger partial charge in [0.25, 0.3) is 0 Å². The van der Waals surface area contributed by atoms with E-state index >= 15 is 0 Å². The minimum absolute atomic E-state index is 0.157. The lowest BCUT2D eigenvalue weighted by atomic mass is 10.0. The van der Waals surface area contributed by atoms with Gasteiger partial charge in [0.2, 0.25) is 0 Å². The zero-order valence-corrected chi connectivity index (χ0v) is 13.7. The van der Waals surface area contributed by atoms with Crippen LogP contribution in [0, 0.1) is 11.8 Å². The summed E-state index contributed by atoms with van der Waals surface area (Å²) in [5.74, 6) is 2.64. The van der Waals surface area contributed by atoms with Crippen LogP contribution < -0.4 is 10.5 Å². The number of hydrogen-bond acceptors (Lipinski definition) is 3. The Bertz CT molecular complexity index is 478. The maximum Gasteiger partial charge on any atom is 0.122 e. The van der Waals surface area contributed by atoms with Crippen LogP contribution >= 0.6 is 0 Å². The Morgan fingerprint density at radius 1 is 1.14 bits per heavy atom. The molecule has 3 rings (SSSR count). The average molecular weight is 303 g/mol. The summed E-state index contributed by atoms with van der Waals surface area (Å²) in [6.07, 6.45) is 7.19. The van der Waals surface area contributed by atoms with Crippen molar-refractivity contribution in [2.24, 2.45) is 17.6 Å². The van der Waals surface area contributed by atoms with Crippen LogP contribution in [0.2, 0.25) is 0 Å². The van der Waals surface area contributed by atoms with Crippen LogP contribution in [0.15, 0.2) is 18.2 Å². The van der Waals surface area contributed by atoms with E-state index in [4.69, 9.17) is 15.2 Å². The summed E-state index contributed by atoms with van der Waals surface area (Å²) in [5, 5.41) is 0. The molecule has 22 heavy (non-hydrogen) atoms. The van der Waals surface area contributed by atoms with Gasteiger partial charge in [0.1, 0.15) is 5.75 Å². The second-order valence-corrected chi connectivity index (χ2v) is 7.15. The molecule has 3 nitrogen and oxygen atoms in total. The van der Waals surface area contributed by atoms with Gasteiger partial charge in [0.05, 0.1) is 13.2 Å². The summed E-state index contributed by atoms with van der Waals surface area (Å²) in [4.78, 5) is 0. The van der Waals surface area contributed by atoms with Crippen molar-refractivity contribution in [3.05, 3.63) is 29.3 Å². The number of benzene rings is 1. The number of rotatable bonds is 10. The van der Waals surface area contributed by atoms with Gasteiger partial charge in [-0.15, -0.1) is 0 Å². The number of hydrogen-bond donors (Lipinski definition) is 1. The zero-order chi connectivity index (χ0) is 15.4. The molecule has 0 saturated heterocycles. The maximum atomic E-state index is 6.00. The molecule has 2 fully saturated rings. The first kappa shape index (κ1) is 15.8. The number of ether oxygens (including phenoxy) is 2. The lowest BCUT2D eigenvalue weighted by Gasteiger charge is -2.15. The van der Waals surface area contributed by atoms with Gasteiger partial charge in [-0.05, 0) is 74.5 Å². The van der Waals surface area contributed by atoms with Crippen LogP contribution in [0.3, 0.4) is 0 Å². The molecule has 1 atom stereocenters. The first-order valence-corrected chi connectivity index (χ1v) is 8.78. The quantitative estimate of drug-likeness (QED) is 0.674. The molecule has 3 heteroatoms. The molecular weight excluding hydrogens is 274 g/mol. The van der Waals surface area contributed by atoms with Crippen molar-refractivity contribution in [3.63, 3.8) is 0 Å². The van der Waals surface area contributed by atoms with Gasteiger partial charge in [-0.25, -0.2) is 0 Å². The minimum atomic E-state index is 0.157. The SMILES string of the molecule is CC(N)Cc1cc(CCOCC2CC2)ccc1OCC1CC1. The van der Waals surface area contributed by atoms with Crippen molar-refractivity contribution in [3.8, 4) is 5.75 Å². The Hall–Kier alpha value is -1.06. The molecule has 1 aromatic carbocycles. The second kappa shape index (κ2) is 7.47. The Labute approximate surface area is 134 Å². The molecule has 0 spiro atoms. The molecule has 2 aliphatic carbocycles. The van der Waals surface area contributed by atoms with Crippen molar-refractivity contribution in [1.29, 1.82) is 0 Å². The van der Waals surface area contributed by atoms with E-state index < -0.39 is 0 Å². The van der Waals surface area contributed by atoms with Gasteiger partial charge >= 0.3 is 0 Å². The fraction of sp³-hybridized carbons (Fsp3) is 0.684. The highest BCUT2D eigenvalue weighted by Crippen LogP contribution is 2.31. The Kier molecular flexibility index (Phi) is 5.37. The fourth-order valence-electron chi connectivity index (χ4n) is 2.65. The fourth-order valence-corrected chi connectivity index (χ4v) is 2.65. The molecule has 0 heterocycles. The summed E-state index contributed by atoms with van der Waals surface area (Å²) in [6, 6.07) is 6.71. The van der Waals surface area contributed by atoms with Crippen LogP contribution in [0.1, 0.15) is 43.7 Å². The lowest BCUT2D eigenvalue weighted by molar-refractivity contribution is 0.127. The smallest absolute Gasteiger partial charge is 0.122 e. The van der Waals surface area contributed by atoms with Crippen molar-refractivity contribution in [2.45, 2.75) is 51.5 Å². The highest BCUT2D eigenvalue weighted by Gasteiger charge is 2.22. The molecular formula is C19H29NO2. The predicted molar refractivity (Wildman–Crippen MR) is 89.3 cm³/mol. The third-order valence-corrected chi connectivity index (χ3v) is 4.42. The highest BCUT2D eigenvalue weighted by molar-refractivity contribution is 5.38. The molecule has 2 N–H and O–H groups in total. The summed E-state index contributed by atoms with van der Waals surface area (Å²) in [6.45, 7) is 4.66. The van der Waals surface area contributed by atoms with Gasteiger partial charge in [-0.1, -0.05) is 12.1 Å². The second-order valence-electron chi connectivity index (χ2n) is 7.15. The maximum absolute atomic E-state index is 6.00. The van der Waals surface area contributed by atoms with Gasteiger partial charge < -0.3 is 15.2 Å². The predicted octanol–water partition coefficient (Wildman–Crippen LogP) is 3.33. The standard InChI is InChI=1S/C19H29NO2/c1-14(20)10-18-11-15(8-9-21-12-16-2-3-16)6-7-19(18)22-13-17-4-5-17/h6-7,11,14,16-17H,2-5,8-10,12-13,20H2,1H3. The Morgan fingerprint density at radius 3 is 2.55 bits per heavy atom. The van der Waals surface area contributed by atoms with Gasteiger partial charge in [0.15, 0.2) is 0 Å². The van der Waals surface area contributed by atoms with E-state index in [-0.39, 0.29) is 6.04 Å². The molecule has 0 amide bonds. The third-order valence-electron chi connectivity index (χ3n) is 4.42. The molecule has 0 radical (unpaired) electrons. The first-order valence-electron chi connectivity index (χ1n) is 8.78. The molecule has 1 unspecified atom stereocenters. The van der Waals surface area contributed by atoms with Gasteiger partial charge in [0, 0.05) is 12.6 Å². The van der Waals surface area contributed by atoms with Crippen molar-refractivity contribution in [2.75, 3.05) is 19.8 Å². The van der Waals surface area contributed by atoms with E-state index in [2.05, 4.69) is 25.1 Å². The first-order chi connectivity index (χ1) is 10.7. The van der Waals surface area contributed by atoms with E-state index in [1.165, 1.54) is 36.8 Å². The molecule has 122 valence electrons. The number of nitrogens with two attached hydrogens (primary N) is 1. The summed E-state index contributed by atoms with van der Waals surface area (Å²) >= 11 is 0. The van der Waals surface area contributed by atoms with Crippen LogP contribution in [0.25, 0.3) is 0 Å². The topological polar surface area (TPSA) is 44.5 Å². The lowest BCUT2D eigenvalue weighted by Crippen LogP contribution is -2.18. The van der Waals surface area contributed by atoms with Crippen molar-refractivity contribution >= 4 is 0 Å². The van der Waals surface area contributed by atoms with E-state index in [0.717, 1.165) is 50.2 Å². The van der Waals surface area contributed by atoms with Crippen LogP contribution in [-0.2, 0) is 17.6 Å². The Balaban J connectivity index is 1.54. The molecule has 0 bridgehead atoms.